The number of para-hydroxylation sites is 1. The molecule has 1 aromatic rings. The van der Waals surface area contributed by atoms with E-state index in [4.69, 9.17) is 10.5 Å². The van der Waals surface area contributed by atoms with Gasteiger partial charge in [-0.2, -0.15) is 0 Å². The first-order valence-corrected chi connectivity index (χ1v) is 10.6. The summed E-state index contributed by atoms with van der Waals surface area (Å²) >= 11 is 1.40. The van der Waals surface area contributed by atoms with E-state index in [0.29, 0.717) is 11.3 Å². The minimum atomic E-state index is -0.949. The van der Waals surface area contributed by atoms with Crippen LogP contribution in [0.25, 0.3) is 0 Å². The van der Waals surface area contributed by atoms with E-state index in [1.165, 1.54) is 16.7 Å². The maximum Gasteiger partial charge on any atom is 0.511 e. The van der Waals surface area contributed by atoms with E-state index < -0.39 is 41.1 Å². The zero-order valence-corrected chi connectivity index (χ0v) is 19.5. The number of esters is 1. The van der Waals surface area contributed by atoms with Crippen molar-refractivity contribution in [2.24, 2.45) is 0 Å². The molecule has 32 heavy (non-hydrogen) atoms. The molecule has 1 aromatic carbocycles. The van der Waals surface area contributed by atoms with Crippen molar-refractivity contribution >= 4 is 53.8 Å². The second kappa shape index (κ2) is 10.3. The lowest BCUT2D eigenvalue weighted by molar-refractivity contribution is -0.170. The highest BCUT2D eigenvalue weighted by Crippen LogP contribution is 2.51. The van der Waals surface area contributed by atoms with E-state index in [1.807, 2.05) is 13.8 Å². The molecule has 2 saturated heterocycles. The van der Waals surface area contributed by atoms with Gasteiger partial charge in [-0.1, -0.05) is 18.2 Å². The van der Waals surface area contributed by atoms with Gasteiger partial charge in [0.15, 0.2) is 0 Å². The number of ether oxygens (including phenoxy) is 3. The summed E-state index contributed by atoms with van der Waals surface area (Å²) in [6.45, 7) is 4.76. The van der Waals surface area contributed by atoms with Gasteiger partial charge in [-0.05, 0) is 32.4 Å². The van der Waals surface area contributed by atoms with Gasteiger partial charge >= 0.3 is 12.1 Å². The summed E-state index contributed by atoms with van der Waals surface area (Å²) in [5, 5.41) is 2.34. The van der Waals surface area contributed by atoms with Crippen molar-refractivity contribution in [2.45, 2.75) is 49.4 Å². The monoisotopic (exact) mass is 487 g/mol. The Balaban J connectivity index is 0.00000363. The van der Waals surface area contributed by atoms with Crippen LogP contribution < -0.4 is 11.1 Å². The van der Waals surface area contributed by atoms with E-state index in [9.17, 15) is 19.2 Å². The van der Waals surface area contributed by atoms with Crippen LogP contribution in [0.15, 0.2) is 24.3 Å². The summed E-state index contributed by atoms with van der Waals surface area (Å²) < 4.78 is 13.6. The standard InChI is InChI=1S/C20H25N3O7S.ClH/c1-4-28-19(27)30-10-29-18(26)15-20(2,3)31-17-14(16(25)23(15)17)22-13(24)9-11-7-5-6-8-12(11)21;/h5-8,14-15,17H,4,9-10,21H2,1-3H3,(H,22,24);1H/t14?,15-,17+;/m0./s1. The lowest BCUT2D eigenvalue weighted by atomic mass is 9.96. The normalized spacial score (nSPS) is 22.7. The van der Waals surface area contributed by atoms with E-state index in [0.717, 1.165) is 0 Å². The number of carbonyl (C=O) groups excluding carboxylic acids is 4. The molecule has 0 spiro atoms. The number of β-lactam (4-membered cyclic amide) rings is 1. The Morgan fingerprint density at radius 3 is 2.53 bits per heavy atom. The highest BCUT2D eigenvalue weighted by molar-refractivity contribution is 8.01. The predicted molar refractivity (Wildman–Crippen MR) is 119 cm³/mol. The molecule has 0 saturated carbocycles. The largest absolute Gasteiger partial charge is 0.511 e. The summed E-state index contributed by atoms with van der Waals surface area (Å²) in [7, 11) is 0. The predicted octanol–water partition coefficient (Wildman–Crippen LogP) is 1.45. The molecule has 3 atom stereocenters. The molecule has 1 unspecified atom stereocenters. The molecule has 2 amide bonds. The number of nitrogens with one attached hydrogen (secondary N) is 1. The van der Waals surface area contributed by atoms with Gasteiger partial charge in [-0.15, -0.1) is 24.2 Å². The third-order valence-corrected chi connectivity index (χ3v) is 6.60. The zero-order chi connectivity index (χ0) is 22.8. The lowest BCUT2D eigenvalue weighted by Crippen LogP contribution is -2.70. The molecule has 3 rings (SSSR count). The van der Waals surface area contributed by atoms with Crippen molar-refractivity contribution in [1.82, 2.24) is 10.2 Å². The first-order valence-electron chi connectivity index (χ1n) is 9.74. The average molecular weight is 488 g/mol. The van der Waals surface area contributed by atoms with E-state index in [-0.39, 0.29) is 37.2 Å². The fourth-order valence-corrected chi connectivity index (χ4v) is 5.21. The second-order valence-electron chi connectivity index (χ2n) is 7.59. The average Bonchev–Trinajstić information content (AvgIpc) is 2.96. The topological polar surface area (TPSA) is 137 Å². The Kier molecular flexibility index (Phi) is 8.24. The number of nitrogen functional groups attached to an aromatic ring is 1. The summed E-state index contributed by atoms with van der Waals surface area (Å²) in [5.74, 6) is -1.40. The van der Waals surface area contributed by atoms with Crippen LogP contribution >= 0.6 is 24.2 Å². The number of hydrogen-bond acceptors (Lipinski definition) is 9. The van der Waals surface area contributed by atoms with Gasteiger partial charge in [0.2, 0.25) is 18.6 Å². The van der Waals surface area contributed by atoms with Gasteiger partial charge in [0, 0.05) is 10.4 Å². The van der Waals surface area contributed by atoms with Crippen LogP contribution in [0.2, 0.25) is 0 Å². The molecular weight excluding hydrogens is 462 g/mol. The van der Waals surface area contributed by atoms with Crippen molar-refractivity contribution in [3.8, 4) is 0 Å². The van der Waals surface area contributed by atoms with Crippen LogP contribution in [0.4, 0.5) is 10.5 Å². The fourth-order valence-electron chi connectivity index (χ4n) is 3.59. The molecule has 2 fully saturated rings. The molecular formula is C20H26ClN3O7S. The number of amides is 2. The number of fused-ring (bicyclic) bond motifs is 1. The first-order chi connectivity index (χ1) is 14.7. The van der Waals surface area contributed by atoms with Crippen LogP contribution in [0, 0.1) is 0 Å². The number of nitrogens with two attached hydrogens (primary N) is 1. The number of halogens is 1. The van der Waals surface area contributed by atoms with E-state index in [2.05, 4.69) is 14.8 Å². The van der Waals surface area contributed by atoms with Crippen LogP contribution in [0.5, 0.6) is 0 Å². The molecule has 2 heterocycles. The summed E-state index contributed by atoms with van der Waals surface area (Å²) in [5.41, 5.74) is 7.05. The van der Waals surface area contributed by atoms with Crippen LogP contribution in [0.1, 0.15) is 26.3 Å². The molecule has 2 aliphatic heterocycles. The molecule has 12 heteroatoms. The van der Waals surface area contributed by atoms with Gasteiger partial charge < -0.3 is 30.2 Å². The van der Waals surface area contributed by atoms with Crippen molar-refractivity contribution in [1.29, 1.82) is 0 Å². The Hall–Kier alpha value is -2.66. The smallest absolute Gasteiger partial charge is 0.435 e. The third-order valence-electron chi connectivity index (χ3n) is 5.03. The number of benzene rings is 1. The van der Waals surface area contributed by atoms with Gasteiger partial charge in [-0.3, -0.25) is 9.59 Å². The SMILES string of the molecule is CCOC(=O)OCOC(=O)[C@@H]1N2C(=O)C(NC(=O)Cc3ccccc3N)[C@H]2SC1(C)C.Cl. The molecule has 2 aliphatic rings. The summed E-state index contributed by atoms with van der Waals surface area (Å²) in [6, 6.07) is 5.40. The second-order valence-corrected chi connectivity index (χ2v) is 9.36. The third kappa shape index (κ3) is 5.21. The van der Waals surface area contributed by atoms with Gasteiger partial charge in [-0.25, -0.2) is 9.59 Å². The summed E-state index contributed by atoms with van der Waals surface area (Å²) in [6.07, 6.45) is -0.899. The highest BCUT2D eigenvalue weighted by atomic mass is 35.5. The molecule has 0 bridgehead atoms. The quantitative estimate of drug-likeness (QED) is 0.253. The van der Waals surface area contributed by atoms with Crippen LogP contribution in [-0.4, -0.2) is 64.4 Å². The Bertz CT molecular complexity index is 898. The highest BCUT2D eigenvalue weighted by Gasteiger charge is 2.64. The minimum absolute atomic E-state index is 0. The number of anilines is 1. The van der Waals surface area contributed by atoms with Gasteiger partial charge in [0.1, 0.15) is 17.5 Å². The Morgan fingerprint density at radius 2 is 1.88 bits per heavy atom. The number of rotatable bonds is 7. The van der Waals surface area contributed by atoms with Gasteiger partial charge in [0.05, 0.1) is 13.0 Å². The maximum atomic E-state index is 12.7. The number of thioether (sulfide) groups is 1. The Morgan fingerprint density at radius 1 is 1.19 bits per heavy atom. The molecule has 3 N–H and O–H groups in total. The maximum absolute atomic E-state index is 12.7. The summed E-state index contributed by atoms with van der Waals surface area (Å²) in [4.78, 5) is 50.3. The fraction of sp³-hybridized carbons (Fsp3) is 0.500. The molecule has 176 valence electrons. The Labute approximate surface area is 195 Å². The van der Waals surface area contributed by atoms with Crippen molar-refractivity contribution in [3.63, 3.8) is 0 Å². The molecule has 0 aliphatic carbocycles. The van der Waals surface area contributed by atoms with Crippen LogP contribution in [0.3, 0.4) is 0 Å². The van der Waals surface area contributed by atoms with Crippen molar-refractivity contribution in [2.75, 3.05) is 19.1 Å². The zero-order valence-electron chi connectivity index (χ0n) is 17.9. The number of carbonyl (C=O) groups is 4. The lowest BCUT2D eigenvalue weighted by Gasteiger charge is -2.43. The first kappa shape index (κ1) is 25.6. The van der Waals surface area contributed by atoms with E-state index in [1.54, 1.807) is 31.2 Å². The van der Waals surface area contributed by atoms with Gasteiger partial charge in [0.25, 0.3) is 0 Å². The van der Waals surface area contributed by atoms with Crippen LogP contribution in [-0.2, 0) is 35.0 Å². The molecule has 10 nitrogen and oxygen atoms in total. The number of nitrogens with zero attached hydrogens (tertiary/aromatic N) is 1. The number of hydrogen-bond donors (Lipinski definition) is 2. The minimum Gasteiger partial charge on any atom is -0.435 e. The molecule has 0 aromatic heterocycles. The van der Waals surface area contributed by atoms with Crippen molar-refractivity contribution in [3.05, 3.63) is 29.8 Å². The van der Waals surface area contributed by atoms with E-state index >= 15 is 0 Å². The van der Waals surface area contributed by atoms with Crippen molar-refractivity contribution < 1.29 is 33.4 Å². The molecule has 0 radical (unpaired) electrons.